The highest BCUT2D eigenvalue weighted by Crippen LogP contribution is 2.20. The summed E-state index contributed by atoms with van der Waals surface area (Å²) in [5.74, 6) is 0. The van der Waals surface area contributed by atoms with E-state index in [1.807, 2.05) is 0 Å². The second-order valence-electron chi connectivity index (χ2n) is 5.87. The van der Waals surface area contributed by atoms with E-state index in [9.17, 15) is 5.11 Å². The molecule has 1 saturated heterocycles. The zero-order chi connectivity index (χ0) is 11.3. The lowest BCUT2D eigenvalue weighted by Crippen LogP contribution is -2.38. The maximum Gasteiger partial charge on any atom is 0.0669 e. The maximum absolute atomic E-state index is 9.78. The van der Waals surface area contributed by atoms with Crippen LogP contribution < -0.4 is 10.6 Å². The Bertz CT molecular complexity index is 171. The quantitative estimate of drug-likeness (QED) is 0.643. The first kappa shape index (κ1) is 12.9. The van der Waals surface area contributed by atoms with E-state index in [0.717, 1.165) is 26.1 Å². The van der Waals surface area contributed by atoms with Gasteiger partial charge < -0.3 is 15.7 Å². The summed E-state index contributed by atoms with van der Waals surface area (Å²) in [6.07, 6.45) is 3.20. The predicted octanol–water partition coefficient (Wildman–Crippen LogP) is 1.13. The van der Waals surface area contributed by atoms with Crippen LogP contribution in [0.15, 0.2) is 0 Å². The van der Waals surface area contributed by atoms with Crippen LogP contribution in [-0.2, 0) is 0 Å². The van der Waals surface area contributed by atoms with E-state index in [2.05, 4.69) is 31.4 Å². The van der Waals surface area contributed by atoms with Crippen LogP contribution >= 0.6 is 0 Å². The van der Waals surface area contributed by atoms with Crippen LogP contribution in [0.2, 0.25) is 0 Å². The van der Waals surface area contributed by atoms with Crippen molar-refractivity contribution in [3.8, 4) is 0 Å². The van der Waals surface area contributed by atoms with Crippen LogP contribution in [0.3, 0.4) is 0 Å². The fraction of sp³-hybridized carbons (Fsp3) is 1.00. The van der Waals surface area contributed by atoms with E-state index < -0.39 is 0 Å². The number of hydrogen-bond acceptors (Lipinski definition) is 3. The Hall–Kier alpha value is -0.120. The van der Waals surface area contributed by atoms with Crippen molar-refractivity contribution < 1.29 is 5.11 Å². The van der Waals surface area contributed by atoms with Gasteiger partial charge in [-0.3, -0.25) is 0 Å². The highest BCUT2D eigenvalue weighted by Gasteiger charge is 2.17. The molecule has 3 heteroatoms. The third-order valence-electron chi connectivity index (χ3n) is 2.78. The van der Waals surface area contributed by atoms with Crippen molar-refractivity contribution in [3.05, 3.63) is 0 Å². The van der Waals surface area contributed by atoms with Crippen LogP contribution in [0.25, 0.3) is 0 Å². The lowest BCUT2D eigenvalue weighted by Gasteiger charge is -2.23. The average molecular weight is 214 g/mol. The van der Waals surface area contributed by atoms with E-state index >= 15 is 0 Å². The average Bonchev–Trinajstić information content (AvgIpc) is 2.53. The van der Waals surface area contributed by atoms with Crippen molar-refractivity contribution >= 4 is 0 Å². The van der Waals surface area contributed by atoms with Crippen molar-refractivity contribution in [2.75, 3.05) is 19.6 Å². The normalized spacial score (nSPS) is 24.4. The lowest BCUT2D eigenvalue weighted by molar-refractivity contribution is 0.119. The molecule has 15 heavy (non-hydrogen) atoms. The zero-order valence-electron chi connectivity index (χ0n) is 10.3. The Morgan fingerprint density at radius 1 is 1.47 bits per heavy atom. The fourth-order valence-electron chi connectivity index (χ4n) is 2.13. The van der Waals surface area contributed by atoms with Gasteiger partial charge in [-0.05, 0) is 31.2 Å². The molecule has 2 unspecified atom stereocenters. The number of aliphatic hydroxyl groups is 1. The minimum atomic E-state index is -0.216. The van der Waals surface area contributed by atoms with Crippen molar-refractivity contribution in [2.45, 2.75) is 52.2 Å². The van der Waals surface area contributed by atoms with Crippen molar-refractivity contribution in [1.82, 2.24) is 10.6 Å². The fourth-order valence-corrected chi connectivity index (χ4v) is 2.13. The van der Waals surface area contributed by atoms with Gasteiger partial charge in [0.1, 0.15) is 0 Å². The van der Waals surface area contributed by atoms with Crippen molar-refractivity contribution in [3.63, 3.8) is 0 Å². The molecule has 0 aromatic carbocycles. The molecule has 0 saturated carbocycles. The largest absolute Gasteiger partial charge is 0.392 e. The summed E-state index contributed by atoms with van der Waals surface area (Å²) < 4.78 is 0. The summed E-state index contributed by atoms with van der Waals surface area (Å²) in [5, 5.41) is 16.5. The van der Waals surface area contributed by atoms with Gasteiger partial charge >= 0.3 is 0 Å². The molecule has 1 rings (SSSR count). The van der Waals surface area contributed by atoms with Gasteiger partial charge in [0.25, 0.3) is 0 Å². The molecule has 2 atom stereocenters. The maximum atomic E-state index is 9.78. The number of aliphatic hydroxyl groups excluding tert-OH is 1. The molecule has 0 amide bonds. The Labute approximate surface area is 93.6 Å². The molecule has 90 valence electrons. The second-order valence-corrected chi connectivity index (χ2v) is 5.87. The topological polar surface area (TPSA) is 44.3 Å². The first-order valence-electron chi connectivity index (χ1n) is 6.09. The molecule has 0 spiro atoms. The number of nitrogens with one attached hydrogen (secondary N) is 2. The van der Waals surface area contributed by atoms with Gasteiger partial charge in [0.05, 0.1) is 6.10 Å². The zero-order valence-corrected chi connectivity index (χ0v) is 10.3. The van der Waals surface area contributed by atoms with Gasteiger partial charge in [-0.25, -0.2) is 0 Å². The SMILES string of the molecule is CC(C)(C)CC(O)CNCC1CCCN1. The first-order valence-corrected chi connectivity index (χ1v) is 6.09. The molecule has 0 aliphatic carbocycles. The Morgan fingerprint density at radius 3 is 2.73 bits per heavy atom. The third kappa shape index (κ3) is 6.13. The standard InChI is InChI=1S/C12H26N2O/c1-12(2,3)7-11(15)9-13-8-10-5-4-6-14-10/h10-11,13-15H,4-9H2,1-3H3. The summed E-state index contributed by atoms with van der Waals surface area (Å²) in [6.45, 7) is 9.34. The summed E-state index contributed by atoms with van der Waals surface area (Å²) in [7, 11) is 0. The summed E-state index contributed by atoms with van der Waals surface area (Å²) in [6, 6.07) is 0.617. The Morgan fingerprint density at radius 2 is 2.20 bits per heavy atom. The molecule has 1 heterocycles. The smallest absolute Gasteiger partial charge is 0.0669 e. The van der Waals surface area contributed by atoms with Gasteiger partial charge in [-0.1, -0.05) is 20.8 Å². The van der Waals surface area contributed by atoms with E-state index in [1.54, 1.807) is 0 Å². The molecule has 0 bridgehead atoms. The van der Waals surface area contributed by atoms with Crippen molar-refractivity contribution in [1.29, 1.82) is 0 Å². The highest BCUT2D eigenvalue weighted by molar-refractivity contribution is 4.77. The van der Waals surface area contributed by atoms with Gasteiger partial charge in [-0.15, -0.1) is 0 Å². The molecule has 1 fully saturated rings. The van der Waals surface area contributed by atoms with E-state index in [4.69, 9.17) is 0 Å². The van der Waals surface area contributed by atoms with Crippen LogP contribution in [0.5, 0.6) is 0 Å². The second kappa shape index (κ2) is 5.83. The molecule has 0 aromatic rings. The minimum Gasteiger partial charge on any atom is -0.392 e. The predicted molar refractivity (Wildman–Crippen MR) is 64.0 cm³/mol. The van der Waals surface area contributed by atoms with Crippen LogP contribution in [0, 0.1) is 5.41 Å². The van der Waals surface area contributed by atoms with Crippen molar-refractivity contribution in [2.24, 2.45) is 5.41 Å². The molecule has 0 aromatic heterocycles. The van der Waals surface area contributed by atoms with Gasteiger partial charge in [-0.2, -0.15) is 0 Å². The van der Waals surface area contributed by atoms with E-state index in [-0.39, 0.29) is 11.5 Å². The van der Waals surface area contributed by atoms with Gasteiger partial charge in [0, 0.05) is 19.1 Å². The molecule has 0 radical (unpaired) electrons. The molecule has 3 N–H and O–H groups in total. The molecule has 1 aliphatic heterocycles. The van der Waals surface area contributed by atoms with E-state index in [0.29, 0.717) is 6.04 Å². The van der Waals surface area contributed by atoms with Gasteiger partial charge in [0.2, 0.25) is 0 Å². The summed E-state index contributed by atoms with van der Waals surface area (Å²) in [5.41, 5.74) is 0.215. The number of hydrogen-bond donors (Lipinski definition) is 3. The summed E-state index contributed by atoms with van der Waals surface area (Å²) >= 11 is 0. The van der Waals surface area contributed by atoms with Crippen LogP contribution in [-0.4, -0.2) is 36.9 Å². The summed E-state index contributed by atoms with van der Waals surface area (Å²) in [4.78, 5) is 0. The Kier molecular flexibility index (Phi) is 5.03. The third-order valence-corrected chi connectivity index (χ3v) is 2.78. The molecule has 3 nitrogen and oxygen atoms in total. The van der Waals surface area contributed by atoms with Gasteiger partial charge in [0.15, 0.2) is 0 Å². The molecule has 1 aliphatic rings. The Balaban J connectivity index is 2.03. The monoisotopic (exact) mass is 214 g/mol. The molecular formula is C12H26N2O. The molecular weight excluding hydrogens is 188 g/mol. The number of rotatable bonds is 5. The minimum absolute atomic E-state index is 0.215. The van der Waals surface area contributed by atoms with E-state index in [1.165, 1.54) is 12.8 Å². The first-order chi connectivity index (χ1) is 6.97. The highest BCUT2D eigenvalue weighted by atomic mass is 16.3. The lowest BCUT2D eigenvalue weighted by atomic mass is 9.89. The van der Waals surface area contributed by atoms with Crippen LogP contribution in [0.4, 0.5) is 0 Å². The van der Waals surface area contributed by atoms with Crippen LogP contribution in [0.1, 0.15) is 40.0 Å².